The van der Waals surface area contributed by atoms with Crippen molar-refractivity contribution in [2.24, 2.45) is 11.7 Å². The largest absolute Gasteiger partial charge is 0.469 e. The number of esters is 1. The number of methoxy groups -OCH3 is 1. The van der Waals surface area contributed by atoms with Crippen LogP contribution in [0.5, 0.6) is 0 Å². The number of hydrogen-bond acceptors (Lipinski definition) is 5. The van der Waals surface area contributed by atoms with Crippen molar-refractivity contribution in [1.82, 2.24) is 4.31 Å². The fourth-order valence-electron chi connectivity index (χ4n) is 3.43. The average molecular weight is 341 g/mol. The molecule has 124 valence electrons. The second kappa shape index (κ2) is 7.76. The molecule has 0 spiro atoms. The molecular formula is C13H25ClN2O4S. The molecule has 1 saturated heterocycles. The molecule has 3 unspecified atom stereocenters. The van der Waals surface area contributed by atoms with E-state index in [0.717, 1.165) is 25.7 Å². The number of carbonyl (C=O) groups is 1. The van der Waals surface area contributed by atoms with Gasteiger partial charge >= 0.3 is 5.97 Å². The molecule has 1 saturated carbocycles. The molecule has 3 atom stereocenters. The summed E-state index contributed by atoms with van der Waals surface area (Å²) in [6.07, 6.45) is 4.51. The lowest BCUT2D eigenvalue weighted by atomic mass is 9.89. The second-order valence-electron chi connectivity index (χ2n) is 5.64. The number of hydrogen-bond donors (Lipinski definition) is 1. The summed E-state index contributed by atoms with van der Waals surface area (Å²) in [5.41, 5.74) is 5.67. The molecule has 1 aliphatic heterocycles. The van der Waals surface area contributed by atoms with Crippen molar-refractivity contribution in [3.63, 3.8) is 0 Å². The minimum atomic E-state index is -3.47. The van der Waals surface area contributed by atoms with Gasteiger partial charge in [-0.3, -0.25) is 4.79 Å². The van der Waals surface area contributed by atoms with E-state index in [1.165, 1.54) is 11.4 Å². The molecule has 1 aliphatic carbocycles. The topological polar surface area (TPSA) is 89.7 Å². The zero-order valence-corrected chi connectivity index (χ0v) is 14.0. The number of nitrogens with two attached hydrogens (primary N) is 1. The standard InChI is InChI=1S/C13H24N2O4S.ClH/c1-19-13(16)11-6-2-3-7-12(11)20(17,18)15-8-4-5-10(15)9-14;/h10-12H,2-9,14H2,1H3;1H. The van der Waals surface area contributed by atoms with E-state index in [-0.39, 0.29) is 18.4 Å². The van der Waals surface area contributed by atoms with Gasteiger partial charge in [-0.05, 0) is 25.7 Å². The molecule has 0 bridgehead atoms. The summed E-state index contributed by atoms with van der Waals surface area (Å²) < 4.78 is 32.0. The number of ether oxygens (including phenoxy) is 1. The Labute approximate surface area is 132 Å². The summed E-state index contributed by atoms with van der Waals surface area (Å²) in [6.45, 7) is 0.865. The van der Waals surface area contributed by atoms with E-state index in [9.17, 15) is 13.2 Å². The first-order valence-corrected chi connectivity index (χ1v) is 8.81. The van der Waals surface area contributed by atoms with Crippen LogP contribution in [0.4, 0.5) is 0 Å². The first kappa shape index (κ1) is 18.7. The number of nitrogens with zero attached hydrogens (tertiary/aromatic N) is 1. The van der Waals surface area contributed by atoms with Crippen LogP contribution in [-0.2, 0) is 19.6 Å². The Morgan fingerprint density at radius 3 is 2.52 bits per heavy atom. The molecule has 8 heteroatoms. The molecule has 2 N–H and O–H groups in total. The second-order valence-corrected chi connectivity index (χ2v) is 7.74. The molecule has 2 rings (SSSR count). The van der Waals surface area contributed by atoms with Gasteiger partial charge in [-0.15, -0.1) is 12.4 Å². The summed E-state index contributed by atoms with van der Waals surface area (Å²) in [5.74, 6) is -0.931. The van der Waals surface area contributed by atoms with Gasteiger partial charge in [0.1, 0.15) is 0 Å². The lowest BCUT2D eigenvalue weighted by Crippen LogP contribution is -2.49. The van der Waals surface area contributed by atoms with Crippen LogP contribution in [-0.4, -0.2) is 50.2 Å². The Morgan fingerprint density at radius 1 is 1.24 bits per heavy atom. The Hall–Kier alpha value is -0.370. The van der Waals surface area contributed by atoms with E-state index in [1.807, 2.05) is 0 Å². The van der Waals surface area contributed by atoms with Crippen LogP contribution in [0.15, 0.2) is 0 Å². The number of rotatable bonds is 4. The van der Waals surface area contributed by atoms with Crippen molar-refractivity contribution in [3.05, 3.63) is 0 Å². The van der Waals surface area contributed by atoms with E-state index in [1.54, 1.807) is 0 Å². The van der Waals surface area contributed by atoms with Crippen LogP contribution in [0.25, 0.3) is 0 Å². The predicted molar refractivity (Wildman–Crippen MR) is 82.7 cm³/mol. The number of carbonyl (C=O) groups excluding carboxylic acids is 1. The monoisotopic (exact) mass is 340 g/mol. The van der Waals surface area contributed by atoms with E-state index in [0.29, 0.717) is 25.9 Å². The van der Waals surface area contributed by atoms with E-state index in [2.05, 4.69) is 0 Å². The third-order valence-corrected chi connectivity index (χ3v) is 6.98. The number of halogens is 1. The van der Waals surface area contributed by atoms with Crippen molar-refractivity contribution in [1.29, 1.82) is 0 Å². The maximum Gasteiger partial charge on any atom is 0.310 e. The zero-order valence-electron chi connectivity index (χ0n) is 12.4. The highest BCUT2D eigenvalue weighted by atomic mass is 35.5. The average Bonchev–Trinajstić information content (AvgIpc) is 2.95. The summed E-state index contributed by atoms with van der Waals surface area (Å²) in [4.78, 5) is 11.9. The van der Waals surface area contributed by atoms with Gasteiger partial charge in [-0.2, -0.15) is 4.31 Å². The maximum atomic E-state index is 12.9. The Kier molecular flexibility index (Phi) is 6.90. The molecule has 2 aliphatic rings. The molecule has 0 aromatic rings. The SMILES string of the molecule is COC(=O)C1CCCCC1S(=O)(=O)N1CCCC1CN.Cl. The molecule has 0 aromatic heterocycles. The molecule has 2 fully saturated rings. The van der Waals surface area contributed by atoms with Gasteiger partial charge in [-0.1, -0.05) is 12.8 Å². The molecule has 21 heavy (non-hydrogen) atoms. The van der Waals surface area contributed by atoms with Crippen LogP contribution in [0.1, 0.15) is 38.5 Å². The fourth-order valence-corrected chi connectivity index (χ4v) is 5.89. The zero-order chi connectivity index (χ0) is 14.8. The smallest absolute Gasteiger partial charge is 0.310 e. The van der Waals surface area contributed by atoms with Gasteiger partial charge in [0.15, 0.2) is 0 Å². The van der Waals surface area contributed by atoms with Gasteiger partial charge < -0.3 is 10.5 Å². The summed E-state index contributed by atoms with van der Waals surface area (Å²) >= 11 is 0. The van der Waals surface area contributed by atoms with Gasteiger partial charge in [0.2, 0.25) is 10.0 Å². The third kappa shape index (κ3) is 3.70. The molecule has 6 nitrogen and oxygen atoms in total. The minimum Gasteiger partial charge on any atom is -0.469 e. The predicted octanol–water partition coefficient (Wildman–Crippen LogP) is 0.893. The highest BCUT2D eigenvalue weighted by Crippen LogP contribution is 2.34. The highest BCUT2D eigenvalue weighted by Gasteiger charge is 2.45. The lowest BCUT2D eigenvalue weighted by Gasteiger charge is -2.34. The van der Waals surface area contributed by atoms with Crippen LogP contribution in [0, 0.1) is 5.92 Å². The van der Waals surface area contributed by atoms with Crippen LogP contribution in [0.2, 0.25) is 0 Å². The van der Waals surface area contributed by atoms with Gasteiger partial charge in [0, 0.05) is 19.1 Å². The quantitative estimate of drug-likeness (QED) is 0.768. The van der Waals surface area contributed by atoms with Crippen LogP contribution < -0.4 is 5.73 Å². The van der Waals surface area contributed by atoms with Crippen molar-refractivity contribution in [2.45, 2.75) is 49.8 Å². The van der Waals surface area contributed by atoms with E-state index in [4.69, 9.17) is 10.5 Å². The highest BCUT2D eigenvalue weighted by molar-refractivity contribution is 7.89. The molecule has 0 aromatic carbocycles. The first-order chi connectivity index (χ1) is 9.52. The number of sulfonamides is 1. The molecule has 1 heterocycles. The normalized spacial score (nSPS) is 30.7. The third-order valence-electron chi connectivity index (χ3n) is 4.51. The van der Waals surface area contributed by atoms with Gasteiger partial charge in [0.05, 0.1) is 18.3 Å². The van der Waals surface area contributed by atoms with Crippen molar-refractivity contribution in [3.8, 4) is 0 Å². The fraction of sp³-hybridized carbons (Fsp3) is 0.923. The summed E-state index contributed by atoms with van der Waals surface area (Å²) in [5, 5.41) is -0.643. The van der Waals surface area contributed by atoms with E-state index >= 15 is 0 Å². The minimum absolute atomic E-state index is 0. The van der Waals surface area contributed by atoms with Crippen molar-refractivity contribution in [2.75, 3.05) is 20.2 Å². The van der Waals surface area contributed by atoms with E-state index < -0.39 is 27.2 Å². The van der Waals surface area contributed by atoms with Crippen molar-refractivity contribution < 1.29 is 17.9 Å². The Bertz CT molecular complexity index is 457. The summed E-state index contributed by atoms with van der Waals surface area (Å²) in [6, 6.07) is -0.111. The first-order valence-electron chi connectivity index (χ1n) is 7.31. The van der Waals surface area contributed by atoms with Crippen LogP contribution >= 0.6 is 12.4 Å². The van der Waals surface area contributed by atoms with Crippen molar-refractivity contribution >= 4 is 28.4 Å². The Morgan fingerprint density at radius 2 is 1.90 bits per heavy atom. The Balaban J connectivity index is 0.00000220. The molecule has 0 amide bonds. The summed E-state index contributed by atoms with van der Waals surface area (Å²) in [7, 11) is -2.16. The lowest BCUT2D eigenvalue weighted by molar-refractivity contribution is -0.146. The molecular weight excluding hydrogens is 316 g/mol. The molecule has 0 radical (unpaired) electrons. The van der Waals surface area contributed by atoms with Gasteiger partial charge in [-0.25, -0.2) is 8.42 Å². The maximum absolute atomic E-state index is 12.9. The van der Waals surface area contributed by atoms with Crippen LogP contribution in [0.3, 0.4) is 0 Å². The van der Waals surface area contributed by atoms with Gasteiger partial charge in [0.25, 0.3) is 0 Å².